The van der Waals surface area contributed by atoms with Crippen molar-refractivity contribution in [2.45, 2.75) is 52.5 Å². The van der Waals surface area contributed by atoms with Crippen molar-refractivity contribution in [2.75, 3.05) is 0 Å². The van der Waals surface area contributed by atoms with Crippen molar-refractivity contribution in [3.63, 3.8) is 0 Å². The number of aliphatic hydroxyl groups is 1. The van der Waals surface area contributed by atoms with Gasteiger partial charge in [-0.15, -0.1) is 13.2 Å². The second-order valence-corrected chi connectivity index (χ2v) is 6.95. The first-order chi connectivity index (χ1) is 10.1. The van der Waals surface area contributed by atoms with Gasteiger partial charge in [0.15, 0.2) is 0 Å². The molecule has 124 valence electrons. The maximum atomic E-state index is 12.2. The minimum atomic E-state index is -4.69. The van der Waals surface area contributed by atoms with E-state index < -0.39 is 12.5 Å². The number of hydrogen-bond acceptors (Lipinski definition) is 2. The highest BCUT2D eigenvalue weighted by Crippen LogP contribution is 2.49. The average molecular weight is 316 g/mol. The molecule has 0 bridgehead atoms. The van der Waals surface area contributed by atoms with Gasteiger partial charge in [0.2, 0.25) is 0 Å². The van der Waals surface area contributed by atoms with Crippen molar-refractivity contribution in [1.29, 1.82) is 0 Å². The summed E-state index contributed by atoms with van der Waals surface area (Å²) in [5.41, 5.74) is 0.652. The monoisotopic (exact) mass is 316 g/mol. The van der Waals surface area contributed by atoms with Gasteiger partial charge >= 0.3 is 6.36 Å². The molecule has 1 saturated carbocycles. The molecule has 0 spiro atoms. The Bertz CT molecular complexity index is 494. The summed E-state index contributed by atoms with van der Waals surface area (Å²) in [7, 11) is 0. The molecule has 1 unspecified atom stereocenters. The molecule has 22 heavy (non-hydrogen) atoms. The zero-order valence-corrected chi connectivity index (χ0v) is 13.2. The molecule has 2 rings (SSSR count). The van der Waals surface area contributed by atoms with Crippen LogP contribution < -0.4 is 4.74 Å². The molecular weight excluding hydrogens is 293 g/mol. The van der Waals surface area contributed by atoms with E-state index in [0.29, 0.717) is 11.5 Å². The van der Waals surface area contributed by atoms with Gasteiger partial charge in [-0.25, -0.2) is 0 Å². The van der Waals surface area contributed by atoms with Gasteiger partial charge in [0, 0.05) is 0 Å². The first-order valence-electron chi connectivity index (χ1n) is 7.64. The predicted molar refractivity (Wildman–Crippen MR) is 78.4 cm³/mol. The molecular formula is C17H23F3O2. The molecule has 3 atom stereocenters. The van der Waals surface area contributed by atoms with E-state index in [1.165, 1.54) is 24.3 Å². The van der Waals surface area contributed by atoms with Crippen LogP contribution >= 0.6 is 0 Å². The first-order valence-corrected chi connectivity index (χ1v) is 7.64. The molecule has 0 amide bonds. The molecule has 0 radical (unpaired) electrons. The molecule has 1 N–H and O–H groups in total. The Morgan fingerprint density at radius 3 is 2.32 bits per heavy atom. The number of alkyl halides is 3. The highest BCUT2D eigenvalue weighted by molar-refractivity contribution is 5.29. The van der Waals surface area contributed by atoms with E-state index in [0.717, 1.165) is 19.3 Å². The van der Waals surface area contributed by atoms with Crippen LogP contribution in [0.15, 0.2) is 24.3 Å². The summed E-state index contributed by atoms with van der Waals surface area (Å²) in [6.45, 7) is 6.44. The lowest BCUT2D eigenvalue weighted by atomic mass is 9.61. The number of aliphatic hydroxyl groups excluding tert-OH is 1. The highest BCUT2D eigenvalue weighted by Gasteiger charge is 2.41. The van der Waals surface area contributed by atoms with Gasteiger partial charge in [-0.05, 0) is 41.4 Å². The van der Waals surface area contributed by atoms with Crippen LogP contribution in [0.3, 0.4) is 0 Å². The van der Waals surface area contributed by atoms with Gasteiger partial charge in [0.25, 0.3) is 0 Å². The number of halogens is 3. The number of ether oxygens (including phenoxy) is 1. The Morgan fingerprint density at radius 1 is 1.23 bits per heavy atom. The minimum Gasteiger partial charge on any atom is -0.406 e. The Hall–Kier alpha value is -1.23. The smallest absolute Gasteiger partial charge is 0.406 e. The fourth-order valence-corrected chi connectivity index (χ4v) is 3.81. The Balaban J connectivity index is 2.16. The number of benzene rings is 1. The van der Waals surface area contributed by atoms with Crippen molar-refractivity contribution in [3.05, 3.63) is 29.8 Å². The molecule has 1 aromatic carbocycles. The third kappa shape index (κ3) is 3.94. The van der Waals surface area contributed by atoms with E-state index in [4.69, 9.17) is 0 Å². The average Bonchev–Trinajstić information content (AvgIpc) is 2.36. The zero-order chi connectivity index (χ0) is 16.5. The van der Waals surface area contributed by atoms with Crippen LogP contribution in [0.2, 0.25) is 0 Å². The second-order valence-electron chi connectivity index (χ2n) is 6.95. The van der Waals surface area contributed by atoms with Crippen LogP contribution in [-0.4, -0.2) is 11.5 Å². The van der Waals surface area contributed by atoms with Crippen molar-refractivity contribution in [2.24, 2.45) is 17.3 Å². The minimum absolute atomic E-state index is 0.0121. The Labute approximate surface area is 129 Å². The van der Waals surface area contributed by atoms with Gasteiger partial charge in [-0.2, -0.15) is 0 Å². The van der Waals surface area contributed by atoms with Crippen LogP contribution in [0.4, 0.5) is 13.2 Å². The van der Waals surface area contributed by atoms with E-state index in [9.17, 15) is 18.3 Å². The van der Waals surface area contributed by atoms with Gasteiger partial charge in [-0.3, -0.25) is 0 Å². The van der Waals surface area contributed by atoms with Crippen molar-refractivity contribution < 1.29 is 23.0 Å². The van der Waals surface area contributed by atoms with Gasteiger partial charge in [0.1, 0.15) is 5.75 Å². The zero-order valence-electron chi connectivity index (χ0n) is 13.2. The summed E-state index contributed by atoms with van der Waals surface area (Å²) < 4.78 is 40.4. The van der Waals surface area contributed by atoms with Crippen LogP contribution in [0, 0.1) is 17.3 Å². The third-order valence-corrected chi connectivity index (χ3v) is 4.79. The summed E-state index contributed by atoms with van der Waals surface area (Å²) in [5.74, 6) is 0.208. The molecule has 1 aliphatic carbocycles. The quantitative estimate of drug-likeness (QED) is 0.842. The van der Waals surface area contributed by atoms with E-state index in [-0.39, 0.29) is 17.1 Å². The SMILES string of the molecule is C[C@H]1CCCC(C)(C)[C@@H]1C(O)c1ccc(OC(F)(F)F)cc1. The first kappa shape index (κ1) is 17.1. The van der Waals surface area contributed by atoms with Crippen LogP contribution in [-0.2, 0) is 0 Å². The van der Waals surface area contributed by atoms with E-state index in [1.807, 2.05) is 0 Å². The molecule has 0 aliphatic heterocycles. The normalized spacial score (nSPS) is 26.5. The maximum absolute atomic E-state index is 12.2. The highest BCUT2D eigenvalue weighted by atomic mass is 19.4. The fourth-order valence-electron chi connectivity index (χ4n) is 3.81. The van der Waals surface area contributed by atoms with Crippen LogP contribution in [0.5, 0.6) is 5.75 Å². The third-order valence-electron chi connectivity index (χ3n) is 4.79. The molecule has 0 saturated heterocycles. The van der Waals surface area contributed by atoms with Crippen molar-refractivity contribution >= 4 is 0 Å². The van der Waals surface area contributed by atoms with Crippen molar-refractivity contribution in [3.8, 4) is 5.75 Å². The number of rotatable bonds is 3. The summed E-state index contributed by atoms with van der Waals surface area (Å²) in [6.07, 6.45) is -2.10. The van der Waals surface area contributed by atoms with E-state index in [2.05, 4.69) is 25.5 Å². The molecule has 1 aliphatic rings. The van der Waals surface area contributed by atoms with Crippen molar-refractivity contribution in [1.82, 2.24) is 0 Å². The molecule has 2 nitrogen and oxygen atoms in total. The lowest BCUT2D eigenvalue weighted by molar-refractivity contribution is -0.274. The standard InChI is InChI=1S/C17H23F3O2/c1-11-5-4-10-16(2,3)14(11)15(21)12-6-8-13(9-7-12)22-17(18,19)20/h6-9,11,14-15,21H,4-5,10H2,1-3H3/t11-,14-,15?/m0/s1. The molecule has 1 aromatic rings. The van der Waals surface area contributed by atoms with Gasteiger partial charge in [-0.1, -0.05) is 45.7 Å². The summed E-state index contributed by atoms with van der Waals surface area (Å²) in [6, 6.07) is 5.55. The predicted octanol–water partition coefficient (Wildman–Crippen LogP) is 5.08. The lowest BCUT2D eigenvalue weighted by Gasteiger charge is -2.45. The summed E-state index contributed by atoms with van der Waals surface area (Å²) >= 11 is 0. The molecule has 0 heterocycles. The Morgan fingerprint density at radius 2 is 1.82 bits per heavy atom. The fraction of sp³-hybridized carbons (Fsp3) is 0.647. The molecule has 5 heteroatoms. The lowest BCUT2D eigenvalue weighted by Crippen LogP contribution is -2.37. The van der Waals surface area contributed by atoms with Gasteiger partial charge < -0.3 is 9.84 Å². The largest absolute Gasteiger partial charge is 0.573 e. The molecule has 0 aromatic heterocycles. The van der Waals surface area contributed by atoms with E-state index >= 15 is 0 Å². The molecule has 1 fully saturated rings. The van der Waals surface area contributed by atoms with Crippen LogP contribution in [0.1, 0.15) is 51.7 Å². The van der Waals surface area contributed by atoms with E-state index in [1.54, 1.807) is 0 Å². The Kier molecular flexibility index (Phi) is 4.76. The summed E-state index contributed by atoms with van der Waals surface area (Å²) in [5, 5.41) is 10.7. The van der Waals surface area contributed by atoms with Crippen LogP contribution in [0.25, 0.3) is 0 Å². The second kappa shape index (κ2) is 6.11. The topological polar surface area (TPSA) is 29.5 Å². The van der Waals surface area contributed by atoms with Gasteiger partial charge in [0.05, 0.1) is 6.10 Å². The maximum Gasteiger partial charge on any atom is 0.573 e. The number of hydrogen-bond donors (Lipinski definition) is 1. The summed E-state index contributed by atoms with van der Waals surface area (Å²) in [4.78, 5) is 0.